The zero-order valence-corrected chi connectivity index (χ0v) is 15.3. The Morgan fingerprint density at radius 2 is 1.93 bits per heavy atom. The normalized spacial score (nSPS) is 11.3. The summed E-state index contributed by atoms with van der Waals surface area (Å²) in [7, 11) is 0. The molecule has 2 heterocycles. The number of aromatic nitrogens is 3. The Morgan fingerprint density at radius 3 is 2.79 bits per heavy atom. The van der Waals surface area contributed by atoms with E-state index in [0.717, 1.165) is 17.9 Å². The van der Waals surface area contributed by atoms with Crippen molar-refractivity contribution >= 4 is 23.1 Å². The molecule has 1 N–H and O–H groups in total. The summed E-state index contributed by atoms with van der Waals surface area (Å²) in [5, 5.41) is 2.87. The third-order valence-corrected chi connectivity index (χ3v) is 4.33. The van der Waals surface area contributed by atoms with Crippen LogP contribution >= 0.6 is 0 Å². The van der Waals surface area contributed by atoms with Crippen LogP contribution in [0.3, 0.4) is 0 Å². The first-order chi connectivity index (χ1) is 13.8. The molecule has 4 rings (SSSR count). The molecule has 0 saturated heterocycles. The van der Waals surface area contributed by atoms with Gasteiger partial charge in [-0.3, -0.25) is 4.79 Å². The maximum atomic E-state index is 12.0. The second kappa shape index (κ2) is 8.35. The van der Waals surface area contributed by atoms with Crippen molar-refractivity contribution in [3.63, 3.8) is 0 Å². The van der Waals surface area contributed by atoms with Gasteiger partial charge in [-0.25, -0.2) is 9.97 Å². The van der Waals surface area contributed by atoms with Crippen LogP contribution in [-0.4, -0.2) is 27.0 Å². The third kappa shape index (κ3) is 4.35. The highest BCUT2D eigenvalue weighted by Gasteiger charge is 2.05. The topological polar surface area (TPSA) is 73.0 Å². The van der Waals surface area contributed by atoms with E-state index in [1.54, 1.807) is 12.3 Å². The SMILES string of the molecule is O=C(/C=C/c1nc2ccccc2o1)NCCc1nccn1Cc1ccccc1. The van der Waals surface area contributed by atoms with Gasteiger partial charge in [-0.1, -0.05) is 42.5 Å². The van der Waals surface area contributed by atoms with Crippen LogP contribution in [0.4, 0.5) is 0 Å². The predicted molar refractivity (Wildman–Crippen MR) is 108 cm³/mol. The number of nitrogens with one attached hydrogen (secondary N) is 1. The summed E-state index contributed by atoms with van der Waals surface area (Å²) in [6.45, 7) is 1.27. The number of para-hydroxylation sites is 2. The molecule has 0 spiro atoms. The Kier molecular flexibility index (Phi) is 5.29. The summed E-state index contributed by atoms with van der Waals surface area (Å²) in [4.78, 5) is 20.7. The average Bonchev–Trinajstić information content (AvgIpc) is 3.33. The van der Waals surface area contributed by atoms with Gasteiger partial charge in [-0.2, -0.15) is 0 Å². The second-order valence-corrected chi connectivity index (χ2v) is 6.35. The fourth-order valence-electron chi connectivity index (χ4n) is 2.96. The minimum absolute atomic E-state index is 0.191. The molecule has 28 heavy (non-hydrogen) atoms. The van der Waals surface area contributed by atoms with Gasteiger partial charge in [-0.15, -0.1) is 0 Å². The highest BCUT2D eigenvalue weighted by atomic mass is 16.3. The van der Waals surface area contributed by atoms with Crippen molar-refractivity contribution in [2.24, 2.45) is 0 Å². The lowest BCUT2D eigenvalue weighted by atomic mass is 10.2. The van der Waals surface area contributed by atoms with Crippen LogP contribution in [0.1, 0.15) is 17.3 Å². The number of oxazole rings is 1. The number of benzene rings is 2. The van der Waals surface area contributed by atoms with Gasteiger partial charge in [0.25, 0.3) is 0 Å². The molecule has 0 fully saturated rings. The van der Waals surface area contributed by atoms with E-state index >= 15 is 0 Å². The number of nitrogens with zero attached hydrogens (tertiary/aromatic N) is 3. The fourth-order valence-corrected chi connectivity index (χ4v) is 2.96. The smallest absolute Gasteiger partial charge is 0.244 e. The van der Waals surface area contributed by atoms with Gasteiger partial charge >= 0.3 is 0 Å². The molecule has 0 aliphatic rings. The van der Waals surface area contributed by atoms with Crippen molar-refractivity contribution in [1.29, 1.82) is 0 Å². The van der Waals surface area contributed by atoms with Gasteiger partial charge in [0.1, 0.15) is 11.3 Å². The predicted octanol–water partition coefficient (Wildman–Crippen LogP) is 3.44. The van der Waals surface area contributed by atoms with Crippen LogP contribution in [0.25, 0.3) is 17.2 Å². The van der Waals surface area contributed by atoms with Crippen LogP contribution in [-0.2, 0) is 17.8 Å². The minimum Gasteiger partial charge on any atom is -0.437 e. The quantitative estimate of drug-likeness (QED) is 0.504. The fraction of sp³-hybridized carbons (Fsp3) is 0.136. The van der Waals surface area contributed by atoms with Gasteiger partial charge in [0.15, 0.2) is 5.58 Å². The second-order valence-electron chi connectivity index (χ2n) is 6.35. The molecule has 4 aromatic rings. The van der Waals surface area contributed by atoms with Crippen LogP contribution in [0, 0.1) is 0 Å². The number of hydrogen-bond donors (Lipinski definition) is 1. The molecule has 0 aliphatic carbocycles. The highest BCUT2D eigenvalue weighted by molar-refractivity contribution is 5.91. The Balaban J connectivity index is 1.29. The van der Waals surface area contributed by atoms with Crippen molar-refractivity contribution in [2.45, 2.75) is 13.0 Å². The summed E-state index contributed by atoms with van der Waals surface area (Å²) >= 11 is 0. The molecule has 6 heteroatoms. The number of carbonyl (C=O) groups is 1. The zero-order valence-electron chi connectivity index (χ0n) is 15.3. The summed E-state index contributed by atoms with van der Waals surface area (Å²) in [6.07, 6.45) is 7.40. The molecule has 2 aromatic heterocycles. The van der Waals surface area contributed by atoms with Gasteiger partial charge in [0.05, 0.1) is 0 Å². The molecular weight excluding hydrogens is 352 g/mol. The van der Waals surface area contributed by atoms with Crippen molar-refractivity contribution in [2.75, 3.05) is 6.54 Å². The number of amides is 1. The Bertz CT molecular complexity index is 1060. The van der Waals surface area contributed by atoms with Crippen LogP contribution < -0.4 is 5.32 Å². The number of rotatable bonds is 7. The number of hydrogen-bond acceptors (Lipinski definition) is 4. The van der Waals surface area contributed by atoms with Crippen molar-refractivity contribution in [1.82, 2.24) is 19.9 Å². The zero-order chi connectivity index (χ0) is 19.2. The molecule has 0 radical (unpaired) electrons. The third-order valence-electron chi connectivity index (χ3n) is 4.33. The monoisotopic (exact) mass is 372 g/mol. The standard InChI is InChI=1S/C22H20N4O2/c27-21(10-11-22-25-18-8-4-5-9-19(18)28-22)24-13-12-20-23-14-15-26(20)16-17-6-2-1-3-7-17/h1-11,14-15H,12-13,16H2,(H,24,27)/b11-10+. The van der Waals surface area contributed by atoms with Gasteiger partial charge in [0.2, 0.25) is 11.8 Å². The van der Waals surface area contributed by atoms with Crippen molar-refractivity contribution in [3.05, 3.63) is 90.3 Å². The maximum Gasteiger partial charge on any atom is 0.244 e. The largest absolute Gasteiger partial charge is 0.437 e. The lowest BCUT2D eigenvalue weighted by molar-refractivity contribution is -0.116. The minimum atomic E-state index is -0.191. The van der Waals surface area contributed by atoms with Crippen molar-refractivity contribution < 1.29 is 9.21 Å². The van der Waals surface area contributed by atoms with E-state index < -0.39 is 0 Å². The average molecular weight is 372 g/mol. The molecule has 1 amide bonds. The molecular formula is C22H20N4O2. The van der Waals surface area contributed by atoms with E-state index in [-0.39, 0.29) is 5.91 Å². The van der Waals surface area contributed by atoms with Crippen LogP contribution in [0.2, 0.25) is 0 Å². The van der Waals surface area contributed by atoms with Crippen molar-refractivity contribution in [3.8, 4) is 0 Å². The van der Waals surface area contributed by atoms with E-state index in [0.29, 0.717) is 24.4 Å². The van der Waals surface area contributed by atoms with E-state index in [1.165, 1.54) is 11.6 Å². The van der Waals surface area contributed by atoms with Gasteiger partial charge in [0, 0.05) is 44.1 Å². The first-order valence-corrected chi connectivity index (χ1v) is 9.13. The molecule has 0 unspecified atom stereocenters. The lowest BCUT2D eigenvalue weighted by Gasteiger charge is -2.08. The molecule has 2 aromatic carbocycles. The maximum absolute atomic E-state index is 12.0. The summed E-state index contributed by atoms with van der Waals surface area (Å²) in [5.41, 5.74) is 2.69. The van der Waals surface area contributed by atoms with E-state index in [9.17, 15) is 4.79 Å². The Morgan fingerprint density at radius 1 is 1.11 bits per heavy atom. The first kappa shape index (κ1) is 17.7. The molecule has 0 atom stereocenters. The van der Waals surface area contributed by atoms with E-state index in [1.807, 2.05) is 48.7 Å². The summed E-state index contributed by atoms with van der Waals surface area (Å²) in [6, 6.07) is 17.7. The van der Waals surface area contributed by atoms with E-state index in [4.69, 9.17) is 4.42 Å². The summed E-state index contributed by atoms with van der Waals surface area (Å²) < 4.78 is 7.66. The van der Waals surface area contributed by atoms with Gasteiger partial charge in [-0.05, 0) is 17.7 Å². The summed E-state index contributed by atoms with van der Waals surface area (Å²) in [5.74, 6) is 1.16. The highest BCUT2D eigenvalue weighted by Crippen LogP contribution is 2.15. The van der Waals surface area contributed by atoms with Crippen LogP contribution in [0.5, 0.6) is 0 Å². The molecule has 140 valence electrons. The number of carbonyl (C=O) groups excluding carboxylic acids is 1. The van der Waals surface area contributed by atoms with Gasteiger partial charge < -0.3 is 14.3 Å². The number of imidazole rings is 1. The number of fused-ring (bicyclic) bond motifs is 1. The Hall–Kier alpha value is -3.67. The van der Waals surface area contributed by atoms with Crippen LogP contribution in [0.15, 0.2) is 77.5 Å². The lowest BCUT2D eigenvalue weighted by Crippen LogP contribution is -2.24. The molecule has 6 nitrogen and oxygen atoms in total. The molecule has 0 saturated carbocycles. The van der Waals surface area contributed by atoms with E-state index in [2.05, 4.69) is 32.0 Å². The Labute approximate surface area is 162 Å². The first-order valence-electron chi connectivity index (χ1n) is 9.13. The molecule has 0 bridgehead atoms. The molecule has 0 aliphatic heterocycles.